The summed E-state index contributed by atoms with van der Waals surface area (Å²) in [6.07, 6.45) is 1.22. The third kappa shape index (κ3) is 5.62. The summed E-state index contributed by atoms with van der Waals surface area (Å²) in [5, 5.41) is 6.97. The Morgan fingerprint density at radius 2 is 1.77 bits per heavy atom. The van der Waals surface area contributed by atoms with Gasteiger partial charge in [0.05, 0.1) is 6.04 Å². The summed E-state index contributed by atoms with van der Waals surface area (Å²) in [6.45, 7) is 5.34. The van der Waals surface area contributed by atoms with Gasteiger partial charge in [0, 0.05) is 32.4 Å². The fraction of sp³-hybridized carbons (Fsp3) is 0.381. The Labute approximate surface area is 174 Å². The molecule has 2 N–H and O–H groups in total. The van der Waals surface area contributed by atoms with Crippen LogP contribution in [-0.2, 0) is 0 Å². The van der Waals surface area contributed by atoms with Crippen LogP contribution in [0.4, 0.5) is 5.69 Å². The van der Waals surface area contributed by atoms with E-state index in [9.17, 15) is 0 Å². The van der Waals surface area contributed by atoms with Crippen molar-refractivity contribution in [3.63, 3.8) is 0 Å². The van der Waals surface area contributed by atoms with Crippen molar-refractivity contribution in [1.29, 1.82) is 0 Å². The molecule has 2 unspecified atom stereocenters. The lowest BCUT2D eigenvalue weighted by atomic mass is 10.1. The quantitative estimate of drug-likeness (QED) is 0.399. The molecule has 0 aromatic heterocycles. The predicted molar refractivity (Wildman–Crippen MR) is 122 cm³/mol. The van der Waals surface area contributed by atoms with E-state index in [1.54, 1.807) is 0 Å². The van der Waals surface area contributed by atoms with Gasteiger partial charge in [0.15, 0.2) is 5.96 Å². The highest BCUT2D eigenvalue weighted by Gasteiger charge is 2.22. The van der Waals surface area contributed by atoms with Crippen LogP contribution in [0.5, 0.6) is 0 Å². The minimum atomic E-state index is 0. The average molecular weight is 464 g/mol. The van der Waals surface area contributed by atoms with Gasteiger partial charge in [-0.2, -0.15) is 0 Å². The van der Waals surface area contributed by atoms with E-state index in [4.69, 9.17) is 0 Å². The third-order valence-corrected chi connectivity index (χ3v) is 4.84. The molecule has 0 bridgehead atoms. The molecule has 2 aromatic carbocycles. The summed E-state index contributed by atoms with van der Waals surface area (Å²) in [6, 6.07) is 21.4. The molecular formula is C21H29IN4. The van der Waals surface area contributed by atoms with Crippen LogP contribution < -0.4 is 15.5 Å². The van der Waals surface area contributed by atoms with E-state index in [1.807, 2.05) is 13.1 Å². The van der Waals surface area contributed by atoms with Crippen LogP contribution in [0.3, 0.4) is 0 Å². The minimum absolute atomic E-state index is 0. The molecule has 0 spiro atoms. The van der Waals surface area contributed by atoms with Gasteiger partial charge in [0.1, 0.15) is 0 Å². The standard InChI is InChI=1S/C21H28N4.HI/c1-17(19-9-5-3-6-10-19)24-21(22-2)23-15-18-13-14-25(16-18)20-11-7-4-8-12-20;/h3-12,17-18H,13-16H2,1-2H3,(H2,22,23,24);1H. The zero-order chi connectivity index (χ0) is 17.5. The number of hydrogen-bond acceptors (Lipinski definition) is 2. The Bertz CT molecular complexity index is 675. The number of hydrogen-bond donors (Lipinski definition) is 2. The molecule has 5 heteroatoms. The number of rotatable bonds is 5. The first-order valence-corrected chi connectivity index (χ1v) is 9.08. The molecule has 0 amide bonds. The highest BCUT2D eigenvalue weighted by Crippen LogP contribution is 2.23. The second-order valence-corrected chi connectivity index (χ2v) is 6.67. The molecule has 140 valence electrons. The zero-order valence-corrected chi connectivity index (χ0v) is 17.9. The maximum Gasteiger partial charge on any atom is 0.191 e. The van der Waals surface area contributed by atoms with E-state index >= 15 is 0 Å². The molecular weight excluding hydrogens is 435 g/mol. The normalized spacial score (nSPS) is 18.2. The highest BCUT2D eigenvalue weighted by atomic mass is 127. The largest absolute Gasteiger partial charge is 0.371 e. The average Bonchev–Trinajstić information content (AvgIpc) is 3.15. The maximum absolute atomic E-state index is 4.37. The van der Waals surface area contributed by atoms with E-state index < -0.39 is 0 Å². The van der Waals surface area contributed by atoms with Crippen LogP contribution in [0.2, 0.25) is 0 Å². The van der Waals surface area contributed by atoms with Gasteiger partial charge >= 0.3 is 0 Å². The van der Waals surface area contributed by atoms with Gasteiger partial charge in [-0.05, 0) is 37.0 Å². The second-order valence-electron chi connectivity index (χ2n) is 6.67. The van der Waals surface area contributed by atoms with Gasteiger partial charge < -0.3 is 15.5 Å². The van der Waals surface area contributed by atoms with Gasteiger partial charge in [-0.3, -0.25) is 4.99 Å². The Hall–Kier alpha value is -1.76. The molecule has 2 atom stereocenters. The lowest BCUT2D eigenvalue weighted by Gasteiger charge is -2.21. The van der Waals surface area contributed by atoms with Crippen molar-refractivity contribution in [2.45, 2.75) is 19.4 Å². The SMILES string of the molecule is CN=C(NCC1CCN(c2ccccc2)C1)NC(C)c1ccccc1.I. The van der Waals surface area contributed by atoms with E-state index in [2.05, 4.69) is 82.0 Å². The van der Waals surface area contributed by atoms with Gasteiger partial charge in [0.25, 0.3) is 0 Å². The van der Waals surface area contributed by atoms with E-state index in [0.717, 1.165) is 25.6 Å². The van der Waals surface area contributed by atoms with Crippen LogP contribution in [-0.4, -0.2) is 32.6 Å². The van der Waals surface area contributed by atoms with E-state index in [1.165, 1.54) is 17.7 Å². The zero-order valence-electron chi connectivity index (χ0n) is 15.6. The number of anilines is 1. The van der Waals surface area contributed by atoms with Gasteiger partial charge in [-0.25, -0.2) is 0 Å². The molecule has 1 fully saturated rings. The van der Waals surface area contributed by atoms with Crippen LogP contribution in [0.25, 0.3) is 0 Å². The van der Waals surface area contributed by atoms with Crippen molar-refractivity contribution in [1.82, 2.24) is 10.6 Å². The topological polar surface area (TPSA) is 39.7 Å². The summed E-state index contributed by atoms with van der Waals surface area (Å²) in [5.74, 6) is 1.51. The molecule has 1 heterocycles. The van der Waals surface area contributed by atoms with Gasteiger partial charge in [-0.15, -0.1) is 24.0 Å². The van der Waals surface area contributed by atoms with Crippen molar-refractivity contribution < 1.29 is 0 Å². The number of nitrogens with one attached hydrogen (secondary N) is 2. The van der Waals surface area contributed by atoms with Crippen molar-refractivity contribution in [2.24, 2.45) is 10.9 Å². The maximum atomic E-state index is 4.37. The molecule has 2 aromatic rings. The summed E-state index contributed by atoms with van der Waals surface area (Å²) in [7, 11) is 1.83. The molecule has 1 saturated heterocycles. The molecule has 0 aliphatic carbocycles. The predicted octanol–water partition coefficient (Wildman–Crippen LogP) is 4.06. The van der Waals surface area contributed by atoms with Crippen LogP contribution in [0.15, 0.2) is 65.7 Å². The third-order valence-electron chi connectivity index (χ3n) is 4.84. The smallest absolute Gasteiger partial charge is 0.191 e. The molecule has 26 heavy (non-hydrogen) atoms. The Morgan fingerprint density at radius 1 is 1.12 bits per heavy atom. The number of aliphatic imine (C=N–C) groups is 1. The molecule has 4 nitrogen and oxygen atoms in total. The van der Waals surface area contributed by atoms with Gasteiger partial charge in [-0.1, -0.05) is 48.5 Å². The van der Waals surface area contributed by atoms with Gasteiger partial charge in [0.2, 0.25) is 0 Å². The first kappa shape index (κ1) is 20.6. The number of benzene rings is 2. The molecule has 1 aliphatic heterocycles. The monoisotopic (exact) mass is 464 g/mol. The minimum Gasteiger partial charge on any atom is -0.371 e. The first-order chi connectivity index (χ1) is 12.3. The van der Waals surface area contributed by atoms with Crippen LogP contribution in [0.1, 0.15) is 24.9 Å². The van der Waals surface area contributed by atoms with E-state index in [-0.39, 0.29) is 30.0 Å². The number of para-hydroxylation sites is 1. The fourth-order valence-electron chi connectivity index (χ4n) is 3.34. The fourth-order valence-corrected chi connectivity index (χ4v) is 3.34. The Morgan fingerprint density at radius 3 is 2.42 bits per heavy atom. The lowest BCUT2D eigenvalue weighted by molar-refractivity contribution is 0.560. The van der Waals surface area contributed by atoms with E-state index in [0.29, 0.717) is 5.92 Å². The Balaban J connectivity index is 0.00000243. The summed E-state index contributed by atoms with van der Waals surface area (Å²) < 4.78 is 0. The Kier molecular flexibility index (Phi) is 8.22. The molecule has 0 radical (unpaired) electrons. The second kappa shape index (κ2) is 10.4. The summed E-state index contributed by atoms with van der Waals surface area (Å²) in [5.41, 5.74) is 2.59. The summed E-state index contributed by atoms with van der Waals surface area (Å²) >= 11 is 0. The molecule has 3 rings (SSSR count). The van der Waals surface area contributed by atoms with Crippen molar-refractivity contribution in [3.05, 3.63) is 66.2 Å². The first-order valence-electron chi connectivity index (χ1n) is 9.08. The highest BCUT2D eigenvalue weighted by molar-refractivity contribution is 14.0. The summed E-state index contributed by atoms with van der Waals surface area (Å²) in [4.78, 5) is 6.84. The number of guanidine groups is 1. The van der Waals surface area contributed by atoms with Crippen LogP contribution >= 0.6 is 24.0 Å². The van der Waals surface area contributed by atoms with Crippen molar-refractivity contribution >= 4 is 35.6 Å². The number of halogens is 1. The van der Waals surface area contributed by atoms with Crippen molar-refractivity contribution in [2.75, 3.05) is 31.6 Å². The van der Waals surface area contributed by atoms with Crippen LogP contribution in [0, 0.1) is 5.92 Å². The number of nitrogens with zero attached hydrogens (tertiary/aromatic N) is 2. The lowest BCUT2D eigenvalue weighted by Crippen LogP contribution is -2.41. The van der Waals surface area contributed by atoms with Crippen molar-refractivity contribution in [3.8, 4) is 0 Å². The molecule has 1 aliphatic rings. The molecule has 0 saturated carbocycles.